The molecule has 0 aliphatic heterocycles. The predicted octanol–water partition coefficient (Wildman–Crippen LogP) is 4.91. The fourth-order valence-corrected chi connectivity index (χ4v) is 3.29. The third-order valence-corrected chi connectivity index (χ3v) is 5.13. The third-order valence-electron chi connectivity index (χ3n) is 3.93. The number of benzene rings is 2. The van der Waals surface area contributed by atoms with Crippen LogP contribution in [0.3, 0.4) is 0 Å². The number of nitrogens with one attached hydrogen (secondary N) is 1. The smallest absolute Gasteiger partial charge is 0.255 e. The Kier molecular flexibility index (Phi) is 6.19. The van der Waals surface area contributed by atoms with Gasteiger partial charge in [-0.15, -0.1) is 11.3 Å². The lowest BCUT2D eigenvalue weighted by atomic mass is 10.2. The largest absolute Gasteiger partial charge is 0.488 e. The third kappa shape index (κ3) is 5.14. The lowest BCUT2D eigenvalue weighted by Gasteiger charge is -2.11. The zero-order valence-corrected chi connectivity index (χ0v) is 16.1. The van der Waals surface area contributed by atoms with Crippen LogP contribution in [0.1, 0.15) is 46.4 Å². The van der Waals surface area contributed by atoms with Gasteiger partial charge in [0.15, 0.2) is 0 Å². The van der Waals surface area contributed by atoms with Crippen LogP contribution in [0.5, 0.6) is 5.75 Å². The van der Waals surface area contributed by atoms with Gasteiger partial charge in [-0.1, -0.05) is 38.1 Å². The normalized spacial score (nSPS) is 10.8. The van der Waals surface area contributed by atoms with Gasteiger partial charge in [-0.25, -0.2) is 9.37 Å². The van der Waals surface area contributed by atoms with Gasteiger partial charge in [-0.05, 0) is 29.8 Å². The number of carbonyl (C=O) groups excluding carboxylic acids is 1. The molecule has 0 bridgehead atoms. The number of hydrogen-bond acceptors (Lipinski definition) is 4. The molecule has 0 aliphatic rings. The van der Waals surface area contributed by atoms with Gasteiger partial charge in [-0.2, -0.15) is 0 Å². The van der Waals surface area contributed by atoms with Crippen molar-refractivity contribution in [1.29, 1.82) is 0 Å². The molecule has 0 unspecified atom stereocenters. The van der Waals surface area contributed by atoms with Crippen molar-refractivity contribution >= 4 is 17.2 Å². The van der Waals surface area contributed by atoms with Gasteiger partial charge < -0.3 is 10.1 Å². The Bertz CT molecular complexity index is 907. The van der Waals surface area contributed by atoms with E-state index in [0.717, 1.165) is 16.3 Å². The Hall–Kier alpha value is -2.73. The van der Waals surface area contributed by atoms with Crippen LogP contribution >= 0.6 is 11.3 Å². The van der Waals surface area contributed by atoms with Crippen LogP contribution in [-0.4, -0.2) is 10.9 Å². The molecule has 6 heteroatoms. The maximum Gasteiger partial charge on any atom is 0.255 e. The molecule has 27 heavy (non-hydrogen) atoms. The van der Waals surface area contributed by atoms with E-state index in [1.165, 1.54) is 12.1 Å². The van der Waals surface area contributed by atoms with Crippen LogP contribution in [0.25, 0.3) is 0 Å². The van der Waals surface area contributed by atoms with Gasteiger partial charge in [0.25, 0.3) is 5.91 Å². The molecule has 1 amide bonds. The number of ether oxygens (including phenoxy) is 1. The van der Waals surface area contributed by atoms with Gasteiger partial charge in [0, 0.05) is 11.3 Å². The van der Waals surface area contributed by atoms with Gasteiger partial charge in [0.1, 0.15) is 18.2 Å². The minimum atomic E-state index is -0.291. The quantitative estimate of drug-likeness (QED) is 0.629. The van der Waals surface area contributed by atoms with E-state index in [9.17, 15) is 9.18 Å². The zero-order valence-electron chi connectivity index (χ0n) is 15.2. The molecule has 140 valence electrons. The average molecular weight is 384 g/mol. The highest BCUT2D eigenvalue weighted by Crippen LogP contribution is 2.21. The summed E-state index contributed by atoms with van der Waals surface area (Å²) >= 11 is 1.60. The van der Waals surface area contributed by atoms with E-state index in [0.29, 0.717) is 23.8 Å². The number of thiazole rings is 1. The van der Waals surface area contributed by atoms with Gasteiger partial charge >= 0.3 is 0 Å². The van der Waals surface area contributed by atoms with Crippen molar-refractivity contribution in [3.05, 3.63) is 81.6 Å². The van der Waals surface area contributed by atoms with Crippen molar-refractivity contribution in [3.8, 4) is 5.75 Å². The lowest BCUT2D eigenvalue weighted by Crippen LogP contribution is -2.23. The highest BCUT2D eigenvalue weighted by atomic mass is 32.1. The van der Waals surface area contributed by atoms with Crippen molar-refractivity contribution in [2.45, 2.75) is 32.9 Å². The number of halogens is 1. The van der Waals surface area contributed by atoms with E-state index in [-0.39, 0.29) is 18.3 Å². The number of aromatic nitrogens is 1. The molecule has 1 heterocycles. The first-order valence-electron chi connectivity index (χ1n) is 8.71. The van der Waals surface area contributed by atoms with E-state index in [1.807, 2.05) is 11.4 Å². The van der Waals surface area contributed by atoms with Crippen molar-refractivity contribution in [2.24, 2.45) is 0 Å². The summed E-state index contributed by atoms with van der Waals surface area (Å²) in [7, 11) is 0. The highest BCUT2D eigenvalue weighted by Gasteiger charge is 2.13. The minimum absolute atomic E-state index is 0.219. The summed E-state index contributed by atoms with van der Waals surface area (Å²) in [5.41, 5.74) is 2.14. The Morgan fingerprint density at radius 2 is 1.93 bits per heavy atom. The average Bonchev–Trinajstić information content (AvgIpc) is 3.15. The molecule has 0 radical (unpaired) electrons. The van der Waals surface area contributed by atoms with Crippen LogP contribution in [0.15, 0.2) is 53.9 Å². The van der Waals surface area contributed by atoms with Crippen LogP contribution in [0.2, 0.25) is 0 Å². The molecule has 0 spiro atoms. The number of hydrogen-bond donors (Lipinski definition) is 1. The predicted molar refractivity (Wildman–Crippen MR) is 105 cm³/mol. The Morgan fingerprint density at radius 3 is 2.63 bits per heavy atom. The molecule has 0 saturated heterocycles. The van der Waals surface area contributed by atoms with Gasteiger partial charge in [0.2, 0.25) is 0 Å². The minimum Gasteiger partial charge on any atom is -0.488 e. The SMILES string of the molecule is CC(C)c1nc(CNC(=O)c2ccccc2OCc2ccc(F)cc2)cs1. The first kappa shape index (κ1) is 19.0. The zero-order chi connectivity index (χ0) is 19.2. The molecule has 4 nitrogen and oxygen atoms in total. The molecular weight excluding hydrogens is 363 g/mol. The van der Waals surface area contributed by atoms with E-state index in [1.54, 1.807) is 41.7 Å². The maximum absolute atomic E-state index is 13.0. The Labute approximate surface area is 162 Å². The number of amides is 1. The molecule has 0 aliphatic carbocycles. The second-order valence-electron chi connectivity index (χ2n) is 6.43. The lowest BCUT2D eigenvalue weighted by molar-refractivity contribution is 0.0946. The monoisotopic (exact) mass is 384 g/mol. The summed E-state index contributed by atoms with van der Waals surface area (Å²) in [6, 6.07) is 13.2. The molecule has 1 N–H and O–H groups in total. The van der Waals surface area contributed by atoms with Crippen LogP contribution in [-0.2, 0) is 13.2 Å². The molecular formula is C21H21FN2O2S. The molecule has 0 atom stereocenters. The molecule has 0 saturated carbocycles. The number of carbonyl (C=O) groups is 1. The van der Waals surface area contributed by atoms with E-state index in [2.05, 4.69) is 24.1 Å². The standard InChI is InChI=1S/C21H21FN2O2S/c1-14(2)21-24-17(13-27-21)11-23-20(25)18-5-3-4-6-19(18)26-12-15-7-9-16(22)10-8-15/h3-10,13-14H,11-12H2,1-2H3,(H,23,25). The summed E-state index contributed by atoms with van der Waals surface area (Å²) in [6.45, 7) is 4.81. The summed E-state index contributed by atoms with van der Waals surface area (Å²) in [6.07, 6.45) is 0. The molecule has 1 aromatic heterocycles. The highest BCUT2D eigenvalue weighted by molar-refractivity contribution is 7.09. The van der Waals surface area contributed by atoms with Crippen molar-refractivity contribution in [1.82, 2.24) is 10.3 Å². The molecule has 3 rings (SSSR count). The number of rotatable bonds is 7. The fourth-order valence-electron chi connectivity index (χ4n) is 2.46. The summed E-state index contributed by atoms with van der Waals surface area (Å²) < 4.78 is 18.8. The number of nitrogens with zero attached hydrogens (tertiary/aromatic N) is 1. The summed E-state index contributed by atoms with van der Waals surface area (Å²) in [5, 5.41) is 5.91. The maximum atomic E-state index is 13.0. The van der Waals surface area contributed by atoms with Crippen molar-refractivity contribution in [3.63, 3.8) is 0 Å². The fraction of sp³-hybridized carbons (Fsp3) is 0.238. The van der Waals surface area contributed by atoms with Crippen LogP contribution in [0, 0.1) is 5.82 Å². The van der Waals surface area contributed by atoms with E-state index >= 15 is 0 Å². The number of para-hydroxylation sites is 1. The van der Waals surface area contributed by atoms with Crippen molar-refractivity contribution in [2.75, 3.05) is 0 Å². The summed E-state index contributed by atoms with van der Waals surface area (Å²) in [5.74, 6) is 0.352. The van der Waals surface area contributed by atoms with Crippen molar-refractivity contribution < 1.29 is 13.9 Å². The summed E-state index contributed by atoms with van der Waals surface area (Å²) in [4.78, 5) is 17.1. The second-order valence-corrected chi connectivity index (χ2v) is 7.32. The second kappa shape index (κ2) is 8.77. The van der Waals surface area contributed by atoms with Crippen LogP contribution < -0.4 is 10.1 Å². The van der Waals surface area contributed by atoms with E-state index in [4.69, 9.17) is 4.74 Å². The Balaban J connectivity index is 1.63. The van der Waals surface area contributed by atoms with Gasteiger partial charge in [-0.3, -0.25) is 4.79 Å². The molecule has 3 aromatic rings. The van der Waals surface area contributed by atoms with Crippen LogP contribution in [0.4, 0.5) is 4.39 Å². The molecule has 2 aromatic carbocycles. The first-order valence-corrected chi connectivity index (χ1v) is 9.59. The first-order chi connectivity index (χ1) is 13.0. The molecule has 0 fully saturated rings. The topological polar surface area (TPSA) is 51.2 Å². The van der Waals surface area contributed by atoms with E-state index < -0.39 is 0 Å². The van der Waals surface area contributed by atoms with Gasteiger partial charge in [0.05, 0.1) is 22.8 Å². The Morgan fingerprint density at radius 1 is 1.19 bits per heavy atom.